The molecule has 0 bridgehead atoms. The normalized spacial score (nSPS) is 11.5. The van der Waals surface area contributed by atoms with E-state index in [-0.39, 0.29) is 11.3 Å². The Labute approximate surface area is 102 Å². The van der Waals surface area contributed by atoms with Gasteiger partial charge in [-0.05, 0) is 30.9 Å². The second-order valence-corrected chi connectivity index (χ2v) is 5.08. The predicted molar refractivity (Wildman–Crippen MR) is 67.6 cm³/mol. The molecule has 5 heteroatoms. The van der Waals surface area contributed by atoms with E-state index in [1.165, 1.54) is 0 Å². The number of carbonyl (C=O) groups is 1. The van der Waals surface area contributed by atoms with Gasteiger partial charge in [0.15, 0.2) is 0 Å². The van der Waals surface area contributed by atoms with Gasteiger partial charge in [-0.2, -0.15) is 5.10 Å². The maximum Gasteiger partial charge on any atom is 0.269 e. The van der Waals surface area contributed by atoms with Crippen molar-refractivity contribution in [3.8, 4) is 0 Å². The minimum absolute atomic E-state index is 0.0770. The first-order chi connectivity index (χ1) is 7.96. The summed E-state index contributed by atoms with van der Waals surface area (Å²) in [5.41, 5.74) is 6.15. The zero-order valence-electron chi connectivity index (χ0n) is 10.9. The lowest BCUT2D eigenvalue weighted by molar-refractivity contribution is 0.0925. The van der Waals surface area contributed by atoms with Crippen LogP contribution < -0.4 is 11.1 Å². The molecule has 1 heterocycles. The van der Waals surface area contributed by atoms with E-state index in [2.05, 4.69) is 24.3 Å². The van der Waals surface area contributed by atoms with Crippen molar-refractivity contribution >= 4 is 5.91 Å². The number of nitrogens with two attached hydrogens (primary N) is 1. The molecule has 0 atom stereocenters. The molecular formula is C12H22N4O. The van der Waals surface area contributed by atoms with Gasteiger partial charge in [0.25, 0.3) is 5.91 Å². The Balaban J connectivity index is 2.45. The standard InChI is InChI=1S/C12H22N4O/c1-12(2,6-4-7-13)9-14-11(17)10-5-8-15-16(10)3/h5,8H,4,6-7,9,13H2,1-3H3,(H,14,17). The molecule has 0 aliphatic rings. The molecular weight excluding hydrogens is 216 g/mol. The maximum atomic E-state index is 11.9. The van der Waals surface area contributed by atoms with E-state index in [1.807, 2.05) is 0 Å². The molecule has 1 aromatic heterocycles. The molecule has 0 saturated heterocycles. The highest BCUT2D eigenvalue weighted by atomic mass is 16.2. The molecule has 1 aromatic rings. The summed E-state index contributed by atoms with van der Waals surface area (Å²) >= 11 is 0. The van der Waals surface area contributed by atoms with Crippen LogP contribution in [0.2, 0.25) is 0 Å². The minimum atomic E-state index is -0.0779. The van der Waals surface area contributed by atoms with Gasteiger partial charge in [-0.3, -0.25) is 9.48 Å². The van der Waals surface area contributed by atoms with Gasteiger partial charge in [0, 0.05) is 19.8 Å². The third-order valence-electron chi connectivity index (χ3n) is 2.84. The van der Waals surface area contributed by atoms with Gasteiger partial charge >= 0.3 is 0 Å². The molecule has 1 rings (SSSR count). The van der Waals surface area contributed by atoms with Crippen molar-refractivity contribution in [2.45, 2.75) is 26.7 Å². The molecule has 0 unspecified atom stereocenters. The fraction of sp³-hybridized carbons (Fsp3) is 0.667. The highest BCUT2D eigenvalue weighted by Crippen LogP contribution is 2.20. The first kappa shape index (κ1) is 13.7. The summed E-state index contributed by atoms with van der Waals surface area (Å²) in [7, 11) is 1.76. The second-order valence-electron chi connectivity index (χ2n) is 5.08. The average Bonchev–Trinajstić information content (AvgIpc) is 2.70. The molecule has 0 aliphatic carbocycles. The first-order valence-corrected chi connectivity index (χ1v) is 5.92. The fourth-order valence-electron chi connectivity index (χ4n) is 1.68. The van der Waals surface area contributed by atoms with Crippen LogP contribution in [0, 0.1) is 5.41 Å². The van der Waals surface area contributed by atoms with Gasteiger partial charge in [-0.15, -0.1) is 0 Å². The summed E-state index contributed by atoms with van der Waals surface area (Å²) < 4.78 is 1.57. The molecule has 0 aliphatic heterocycles. The van der Waals surface area contributed by atoms with E-state index < -0.39 is 0 Å². The van der Waals surface area contributed by atoms with E-state index >= 15 is 0 Å². The Hall–Kier alpha value is -1.36. The average molecular weight is 238 g/mol. The maximum absolute atomic E-state index is 11.9. The number of hydrogen-bond donors (Lipinski definition) is 2. The topological polar surface area (TPSA) is 72.9 Å². The van der Waals surface area contributed by atoms with Crippen molar-refractivity contribution in [1.82, 2.24) is 15.1 Å². The predicted octanol–water partition coefficient (Wildman–Crippen LogP) is 0.915. The second kappa shape index (κ2) is 5.82. The summed E-state index contributed by atoms with van der Waals surface area (Å²) in [6.07, 6.45) is 3.61. The fourth-order valence-corrected chi connectivity index (χ4v) is 1.68. The summed E-state index contributed by atoms with van der Waals surface area (Å²) in [6.45, 7) is 5.61. The van der Waals surface area contributed by atoms with Crippen molar-refractivity contribution in [1.29, 1.82) is 0 Å². The minimum Gasteiger partial charge on any atom is -0.350 e. The van der Waals surface area contributed by atoms with Crippen LogP contribution in [0.15, 0.2) is 12.3 Å². The summed E-state index contributed by atoms with van der Waals surface area (Å²) in [6, 6.07) is 1.71. The lowest BCUT2D eigenvalue weighted by atomic mass is 9.88. The Morgan fingerprint density at radius 3 is 2.82 bits per heavy atom. The molecule has 0 saturated carbocycles. The molecule has 3 N–H and O–H groups in total. The van der Waals surface area contributed by atoms with Crippen LogP contribution >= 0.6 is 0 Å². The van der Waals surface area contributed by atoms with Gasteiger partial charge in [-0.1, -0.05) is 13.8 Å². The van der Waals surface area contributed by atoms with Crippen molar-refractivity contribution in [2.75, 3.05) is 13.1 Å². The third-order valence-corrected chi connectivity index (χ3v) is 2.84. The van der Waals surface area contributed by atoms with Crippen LogP contribution in [0.3, 0.4) is 0 Å². The largest absolute Gasteiger partial charge is 0.350 e. The molecule has 1 amide bonds. The number of carbonyl (C=O) groups excluding carboxylic acids is 1. The van der Waals surface area contributed by atoms with Gasteiger partial charge in [-0.25, -0.2) is 0 Å². The number of nitrogens with zero attached hydrogens (tertiary/aromatic N) is 2. The van der Waals surface area contributed by atoms with Crippen molar-refractivity contribution in [3.05, 3.63) is 18.0 Å². The van der Waals surface area contributed by atoms with Crippen LogP contribution in [0.25, 0.3) is 0 Å². The van der Waals surface area contributed by atoms with Crippen molar-refractivity contribution in [3.63, 3.8) is 0 Å². The quantitative estimate of drug-likeness (QED) is 0.774. The monoisotopic (exact) mass is 238 g/mol. The molecule has 96 valence electrons. The van der Waals surface area contributed by atoms with Crippen LogP contribution in [-0.4, -0.2) is 28.8 Å². The summed E-state index contributed by atoms with van der Waals surface area (Å²) in [5.74, 6) is -0.0779. The van der Waals surface area contributed by atoms with E-state index in [1.54, 1.807) is 24.0 Å². The lowest BCUT2D eigenvalue weighted by Crippen LogP contribution is -2.35. The number of aryl methyl sites for hydroxylation is 1. The van der Waals surface area contributed by atoms with E-state index in [9.17, 15) is 4.79 Å². The Morgan fingerprint density at radius 1 is 1.59 bits per heavy atom. The van der Waals surface area contributed by atoms with E-state index in [4.69, 9.17) is 5.73 Å². The van der Waals surface area contributed by atoms with Crippen LogP contribution in [-0.2, 0) is 7.05 Å². The Kier molecular flexibility index (Phi) is 4.69. The number of nitrogens with one attached hydrogen (secondary N) is 1. The molecule has 0 fully saturated rings. The Morgan fingerprint density at radius 2 is 2.29 bits per heavy atom. The number of hydrogen-bond acceptors (Lipinski definition) is 3. The van der Waals surface area contributed by atoms with Gasteiger partial charge in [0.05, 0.1) is 0 Å². The molecule has 5 nitrogen and oxygen atoms in total. The Bertz CT molecular complexity index is 370. The first-order valence-electron chi connectivity index (χ1n) is 5.92. The smallest absolute Gasteiger partial charge is 0.269 e. The lowest BCUT2D eigenvalue weighted by Gasteiger charge is -2.24. The van der Waals surface area contributed by atoms with Crippen molar-refractivity contribution < 1.29 is 4.79 Å². The zero-order chi connectivity index (χ0) is 12.9. The van der Waals surface area contributed by atoms with E-state index in [0.29, 0.717) is 18.8 Å². The summed E-state index contributed by atoms with van der Waals surface area (Å²) in [4.78, 5) is 11.9. The number of rotatable bonds is 6. The summed E-state index contributed by atoms with van der Waals surface area (Å²) in [5, 5.41) is 6.91. The third kappa shape index (κ3) is 4.19. The molecule has 0 aromatic carbocycles. The van der Waals surface area contributed by atoms with Crippen LogP contribution in [0.4, 0.5) is 0 Å². The van der Waals surface area contributed by atoms with Crippen LogP contribution in [0.1, 0.15) is 37.2 Å². The van der Waals surface area contributed by atoms with Crippen LogP contribution in [0.5, 0.6) is 0 Å². The molecule has 0 spiro atoms. The van der Waals surface area contributed by atoms with E-state index in [0.717, 1.165) is 12.8 Å². The zero-order valence-corrected chi connectivity index (χ0v) is 10.9. The number of amides is 1. The highest BCUT2D eigenvalue weighted by molar-refractivity contribution is 5.92. The number of aromatic nitrogens is 2. The van der Waals surface area contributed by atoms with Gasteiger partial charge in [0.1, 0.15) is 5.69 Å². The molecule has 17 heavy (non-hydrogen) atoms. The highest BCUT2D eigenvalue weighted by Gasteiger charge is 2.19. The van der Waals surface area contributed by atoms with Crippen molar-refractivity contribution in [2.24, 2.45) is 18.2 Å². The SMILES string of the molecule is Cn1nccc1C(=O)NCC(C)(C)CCCN. The molecule has 0 radical (unpaired) electrons. The van der Waals surface area contributed by atoms with Gasteiger partial charge in [0.2, 0.25) is 0 Å². The van der Waals surface area contributed by atoms with Gasteiger partial charge < -0.3 is 11.1 Å².